The van der Waals surface area contributed by atoms with Crippen molar-refractivity contribution in [3.63, 3.8) is 0 Å². The van der Waals surface area contributed by atoms with Crippen LogP contribution in [0.25, 0.3) is 0 Å². The van der Waals surface area contributed by atoms with E-state index in [1.54, 1.807) is 0 Å². The Morgan fingerprint density at radius 1 is 1.39 bits per heavy atom. The second kappa shape index (κ2) is 5.47. The number of carbonyl (C=O) groups excluding carboxylic acids is 1. The van der Waals surface area contributed by atoms with Crippen LogP contribution in [0.15, 0.2) is 0 Å². The molecule has 0 bridgehead atoms. The van der Waals surface area contributed by atoms with Gasteiger partial charge in [-0.1, -0.05) is 13.8 Å². The van der Waals surface area contributed by atoms with Crippen molar-refractivity contribution in [3.05, 3.63) is 0 Å². The molecule has 3 unspecified atom stereocenters. The van der Waals surface area contributed by atoms with E-state index in [-0.39, 0.29) is 5.92 Å². The van der Waals surface area contributed by atoms with Gasteiger partial charge in [0, 0.05) is 0 Å². The minimum atomic E-state index is -4.33. The van der Waals surface area contributed by atoms with Gasteiger partial charge in [-0.05, 0) is 31.1 Å². The maximum absolute atomic E-state index is 12.3. The van der Waals surface area contributed by atoms with Gasteiger partial charge in [0.15, 0.2) is 0 Å². The Balaban J connectivity index is 2.80. The summed E-state index contributed by atoms with van der Waals surface area (Å²) in [5, 5.41) is 2.38. The van der Waals surface area contributed by atoms with Gasteiger partial charge >= 0.3 is 12.1 Å². The zero-order valence-electron chi connectivity index (χ0n) is 10.9. The molecule has 18 heavy (non-hydrogen) atoms. The molecule has 1 aliphatic rings. The molecule has 0 aromatic carbocycles. The monoisotopic (exact) mass is 267 g/mol. The van der Waals surface area contributed by atoms with E-state index in [1.807, 2.05) is 6.92 Å². The van der Waals surface area contributed by atoms with E-state index in [0.717, 1.165) is 6.42 Å². The zero-order valence-corrected chi connectivity index (χ0v) is 10.9. The van der Waals surface area contributed by atoms with Crippen LogP contribution >= 0.6 is 0 Å². The lowest BCUT2D eigenvalue weighted by Gasteiger charge is -2.41. The number of hydrogen-bond acceptors (Lipinski definition) is 3. The number of ether oxygens (including phenoxy) is 1. The smallest absolute Gasteiger partial charge is 0.401 e. The van der Waals surface area contributed by atoms with Crippen LogP contribution in [0.4, 0.5) is 13.2 Å². The summed E-state index contributed by atoms with van der Waals surface area (Å²) in [7, 11) is 1.21. The van der Waals surface area contributed by atoms with Gasteiger partial charge in [0.1, 0.15) is 5.54 Å². The van der Waals surface area contributed by atoms with Crippen molar-refractivity contribution in [2.75, 3.05) is 13.7 Å². The summed E-state index contributed by atoms with van der Waals surface area (Å²) in [5.41, 5.74) is -1.18. The van der Waals surface area contributed by atoms with E-state index in [4.69, 9.17) is 0 Å². The van der Waals surface area contributed by atoms with Gasteiger partial charge in [0.2, 0.25) is 0 Å². The van der Waals surface area contributed by atoms with Crippen molar-refractivity contribution in [1.82, 2.24) is 5.32 Å². The normalized spacial score (nSPS) is 33.2. The number of rotatable bonds is 3. The average molecular weight is 267 g/mol. The van der Waals surface area contributed by atoms with Gasteiger partial charge in [0.25, 0.3) is 0 Å². The summed E-state index contributed by atoms with van der Waals surface area (Å²) in [5.74, 6) is 0.0135. The van der Waals surface area contributed by atoms with Gasteiger partial charge in [-0.15, -0.1) is 0 Å². The maximum atomic E-state index is 12.3. The maximum Gasteiger partial charge on any atom is 0.401 e. The molecule has 3 nitrogen and oxygen atoms in total. The molecule has 6 heteroatoms. The Labute approximate surface area is 105 Å². The highest BCUT2D eigenvalue weighted by Gasteiger charge is 2.46. The summed E-state index contributed by atoms with van der Waals surface area (Å²) < 4.78 is 41.6. The average Bonchev–Trinajstić information content (AvgIpc) is 2.29. The highest BCUT2D eigenvalue weighted by Crippen LogP contribution is 2.37. The molecular weight excluding hydrogens is 247 g/mol. The summed E-state index contributed by atoms with van der Waals surface area (Å²) in [6.07, 6.45) is -2.83. The van der Waals surface area contributed by atoms with Crippen molar-refractivity contribution in [3.8, 4) is 0 Å². The number of carbonyl (C=O) groups is 1. The lowest BCUT2D eigenvalue weighted by molar-refractivity contribution is -0.157. The quantitative estimate of drug-likeness (QED) is 0.798. The Kier molecular flexibility index (Phi) is 4.64. The van der Waals surface area contributed by atoms with Crippen LogP contribution in [0.1, 0.15) is 33.1 Å². The molecule has 3 atom stereocenters. The second-order valence-electron chi connectivity index (χ2n) is 5.24. The predicted octanol–water partition coefficient (Wildman–Crippen LogP) is 2.51. The summed E-state index contributed by atoms with van der Waals surface area (Å²) in [6.45, 7) is 2.84. The molecule has 1 N–H and O–H groups in total. The van der Waals surface area contributed by atoms with Crippen LogP contribution < -0.4 is 5.32 Å². The lowest BCUT2D eigenvalue weighted by atomic mass is 9.71. The van der Waals surface area contributed by atoms with Crippen molar-refractivity contribution < 1.29 is 22.7 Å². The van der Waals surface area contributed by atoms with Gasteiger partial charge in [-0.3, -0.25) is 10.1 Å². The molecule has 0 amide bonds. The molecule has 0 radical (unpaired) electrons. The van der Waals surface area contributed by atoms with Crippen LogP contribution in [-0.4, -0.2) is 31.3 Å². The SMILES string of the molecule is COC(=O)C1(NCC(F)(F)F)CCC(C)C(C)C1. The van der Waals surface area contributed by atoms with Crippen molar-refractivity contribution in [2.24, 2.45) is 11.8 Å². The molecule has 0 heterocycles. The minimum Gasteiger partial charge on any atom is -0.468 e. The van der Waals surface area contributed by atoms with E-state index >= 15 is 0 Å². The minimum absolute atomic E-state index is 0.193. The van der Waals surface area contributed by atoms with Crippen LogP contribution in [0.5, 0.6) is 0 Å². The molecule has 1 fully saturated rings. The van der Waals surface area contributed by atoms with Crippen molar-refractivity contribution in [2.45, 2.75) is 44.8 Å². The fourth-order valence-electron chi connectivity index (χ4n) is 2.49. The first kappa shape index (κ1) is 15.3. The fourth-order valence-corrected chi connectivity index (χ4v) is 2.49. The van der Waals surface area contributed by atoms with Crippen molar-refractivity contribution in [1.29, 1.82) is 0 Å². The molecule has 1 rings (SSSR count). The van der Waals surface area contributed by atoms with E-state index in [1.165, 1.54) is 7.11 Å². The van der Waals surface area contributed by atoms with Crippen LogP contribution in [0.2, 0.25) is 0 Å². The largest absolute Gasteiger partial charge is 0.468 e. The molecular formula is C12H20F3NO2. The Hall–Kier alpha value is -0.780. The number of halogens is 3. The number of nitrogens with one attached hydrogen (secondary N) is 1. The molecule has 0 aromatic heterocycles. The third-order valence-electron chi connectivity index (χ3n) is 3.87. The fraction of sp³-hybridized carbons (Fsp3) is 0.917. The highest BCUT2D eigenvalue weighted by atomic mass is 19.4. The van der Waals surface area contributed by atoms with Crippen LogP contribution in [-0.2, 0) is 9.53 Å². The Bertz CT molecular complexity index is 306. The number of methoxy groups -OCH3 is 1. The first-order chi connectivity index (χ1) is 8.20. The van der Waals surface area contributed by atoms with Gasteiger partial charge in [-0.25, -0.2) is 0 Å². The molecule has 106 valence electrons. The number of alkyl halides is 3. The standard InChI is InChI=1S/C12H20F3NO2/c1-8-4-5-11(6-9(8)2,10(17)18-3)16-7-12(13,14)15/h8-9,16H,4-7H2,1-3H3. The molecule has 0 aliphatic heterocycles. The van der Waals surface area contributed by atoms with Gasteiger partial charge in [0.05, 0.1) is 13.7 Å². The third-order valence-corrected chi connectivity index (χ3v) is 3.87. The van der Waals surface area contributed by atoms with E-state index in [2.05, 4.69) is 17.0 Å². The molecule has 1 saturated carbocycles. The Morgan fingerprint density at radius 3 is 2.44 bits per heavy atom. The van der Waals surface area contributed by atoms with E-state index in [9.17, 15) is 18.0 Å². The lowest BCUT2D eigenvalue weighted by Crippen LogP contribution is -2.58. The first-order valence-electron chi connectivity index (χ1n) is 6.10. The van der Waals surface area contributed by atoms with Crippen LogP contribution in [0, 0.1) is 11.8 Å². The molecule has 1 aliphatic carbocycles. The van der Waals surface area contributed by atoms with E-state index in [0.29, 0.717) is 18.8 Å². The molecule has 0 spiro atoms. The first-order valence-corrected chi connectivity index (χ1v) is 6.10. The topological polar surface area (TPSA) is 38.3 Å². The Morgan fingerprint density at radius 2 is 2.00 bits per heavy atom. The number of esters is 1. The second-order valence-corrected chi connectivity index (χ2v) is 5.24. The van der Waals surface area contributed by atoms with Crippen molar-refractivity contribution >= 4 is 5.97 Å². The number of hydrogen-bond donors (Lipinski definition) is 1. The summed E-state index contributed by atoms with van der Waals surface area (Å²) >= 11 is 0. The van der Waals surface area contributed by atoms with Gasteiger partial charge < -0.3 is 4.74 Å². The molecule has 0 saturated heterocycles. The van der Waals surface area contributed by atoms with Crippen LogP contribution in [0.3, 0.4) is 0 Å². The molecule has 0 aromatic rings. The van der Waals surface area contributed by atoms with Gasteiger partial charge in [-0.2, -0.15) is 13.2 Å². The van der Waals surface area contributed by atoms with E-state index < -0.39 is 24.2 Å². The zero-order chi connectivity index (χ0) is 14.0. The third kappa shape index (κ3) is 3.60. The predicted molar refractivity (Wildman–Crippen MR) is 61.0 cm³/mol. The summed E-state index contributed by atoms with van der Waals surface area (Å²) in [4.78, 5) is 11.8. The highest BCUT2D eigenvalue weighted by molar-refractivity contribution is 5.81. The summed E-state index contributed by atoms with van der Waals surface area (Å²) in [6, 6.07) is 0.